The van der Waals surface area contributed by atoms with Gasteiger partial charge in [-0.2, -0.15) is 0 Å². The van der Waals surface area contributed by atoms with E-state index in [2.05, 4.69) is 17.4 Å². The first-order valence-electron chi connectivity index (χ1n) is 8.97. The second-order valence-electron chi connectivity index (χ2n) is 6.68. The first kappa shape index (κ1) is 18.7. The number of ether oxygens (including phenoxy) is 1. The Morgan fingerprint density at radius 3 is 2.63 bits per heavy atom. The molecule has 0 aliphatic carbocycles. The first-order chi connectivity index (χ1) is 13.0. The quantitative estimate of drug-likeness (QED) is 0.659. The summed E-state index contributed by atoms with van der Waals surface area (Å²) >= 11 is 0. The maximum absolute atomic E-state index is 12.3. The molecule has 2 aromatic carbocycles. The first-order valence-corrected chi connectivity index (χ1v) is 8.97. The number of rotatable bonds is 6. The van der Waals surface area contributed by atoms with Crippen LogP contribution in [0.2, 0.25) is 0 Å². The van der Waals surface area contributed by atoms with Gasteiger partial charge in [-0.1, -0.05) is 29.4 Å². The smallest absolute Gasteiger partial charge is 0.273 e. The van der Waals surface area contributed by atoms with Gasteiger partial charge in [-0.05, 0) is 62.1 Å². The maximum atomic E-state index is 12.3. The van der Waals surface area contributed by atoms with E-state index in [1.165, 1.54) is 16.7 Å². The lowest BCUT2D eigenvalue weighted by Crippen LogP contribution is -2.28. The van der Waals surface area contributed by atoms with Gasteiger partial charge < -0.3 is 14.6 Å². The van der Waals surface area contributed by atoms with E-state index in [0.29, 0.717) is 18.9 Å². The molecule has 3 aromatic rings. The van der Waals surface area contributed by atoms with Crippen LogP contribution in [0.25, 0.3) is 11.3 Å². The zero-order valence-corrected chi connectivity index (χ0v) is 16.1. The van der Waals surface area contributed by atoms with Crippen molar-refractivity contribution in [3.05, 3.63) is 70.4 Å². The van der Waals surface area contributed by atoms with Crippen molar-refractivity contribution in [3.8, 4) is 17.1 Å². The molecule has 0 aliphatic rings. The highest BCUT2D eigenvalue weighted by atomic mass is 16.5. The lowest BCUT2D eigenvalue weighted by molar-refractivity contribution is 0.0938. The Morgan fingerprint density at radius 1 is 1.04 bits per heavy atom. The van der Waals surface area contributed by atoms with Gasteiger partial charge in [0.05, 0.1) is 6.54 Å². The molecule has 0 fully saturated rings. The van der Waals surface area contributed by atoms with Crippen molar-refractivity contribution in [1.29, 1.82) is 0 Å². The van der Waals surface area contributed by atoms with Gasteiger partial charge in [0.1, 0.15) is 12.4 Å². The normalized spacial score (nSPS) is 10.7. The molecule has 0 bridgehead atoms. The van der Waals surface area contributed by atoms with Crippen molar-refractivity contribution in [2.45, 2.75) is 27.7 Å². The van der Waals surface area contributed by atoms with Crippen LogP contribution in [0.3, 0.4) is 0 Å². The maximum Gasteiger partial charge on any atom is 0.273 e. The minimum Gasteiger partial charge on any atom is -0.491 e. The van der Waals surface area contributed by atoms with Crippen LogP contribution in [0.5, 0.6) is 5.75 Å². The summed E-state index contributed by atoms with van der Waals surface area (Å²) in [5, 5.41) is 6.68. The largest absolute Gasteiger partial charge is 0.491 e. The van der Waals surface area contributed by atoms with Crippen molar-refractivity contribution in [2.24, 2.45) is 0 Å². The van der Waals surface area contributed by atoms with Crippen LogP contribution >= 0.6 is 0 Å². The molecule has 27 heavy (non-hydrogen) atoms. The van der Waals surface area contributed by atoms with E-state index in [1.54, 1.807) is 6.07 Å². The van der Waals surface area contributed by atoms with Gasteiger partial charge in [-0.25, -0.2) is 0 Å². The number of aromatic nitrogens is 1. The fourth-order valence-corrected chi connectivity index (χ4v) is 2.71. The van der Waals surface area contributed by atoms with Crippen LogP contribution in [0.15, 0.2) is 47.0 Å². The summed E-state index contributed by atoms with van der Waals surface area (Å²) in [6.07, 6.45) is 0. The summed E-state index contributed by atoms with van der Waals surface area (Å²) in [7, 11) is 0. The SMILES string of the molecule is Cc1ccc(-c2cc(C(=O)NCCOc3cccc(C)c3C)no2)cc1C. The third kappa shape index (κ3) is 4.37. The average molecular weight is 364 g/mol. The van der Waals surface area contributed by atoms with E-state index >= 15 is 0 Å². The highest BCUT2D eigenvalue weighted by Crippen LogP contribution is 2.23. The van der Waals surface area contributed by atoms with E-state index < -0.39 is 0 Å². The molecule has 3 rings (SSSR count). The van der Waals surface area contributed by atoms with Gasteiger partial charge >= 0.3 is 0 Å². The molecule has 1 heterocycles. The molecule has 1 N–H and O–H groups in total. The average Bonchev–Trinajstić information content (AvgIpc) is 3.14. The Kier molecular flexibility index (Phi) is 5.60. The molecule has 140 valence electrons. The number of benzene rings is 2. The van der Waals surface area contributed by atoms with Crippen molar-refractivity contribution < 1.29 is 14.1 Å². The summed E-state index contributed by atoms with van der Waals surface area (Å²) in [6.45, 7) is 8.93. The summed E-state index contributed by atoms with van der Waals surface area (Å²) < 4.78 is 11.1. The number of hydrogen-bond donors (Lipinski definition) is 1. The number of aryl methyl sites for hydroxylation is 3. The van der Waals surface area contributed by atoms with Crippen LogP contribution in [0.4, 0.5) is 0 Å². The van der Waals surface area contributed by atoms with E-state index in [-0.39, 0.29) is 11.6 Å². The molecule has 0 saturated heterocycles. The van der Waals surface area contributed by atoms with Crippen LogP contribution in [-0.4, -0.2) is 24.2 Å². The van der Waals surface area contributed by atoms with Gasteiger partial charge in [0.25, 0.3) is 5.91 Å². The minimum atomic E-state index is -0.279. The Balaban J connectivity index is 1.55. The molecule has 1 amide bonds. The third-order valence-corrected chi connectivity index (χ3v) is 4.73. The molecule has 5 heteroatoms. The molecule has 0 atom stereocenters. The van der Waals surface area contributed by atoms with Crippen molar-refractivity contribution >= 4 is 5.91 Å². The molecule has 1 aromatic heterocycles. The van der Waals surface area contributed by atoms with Crippen molar-refractivity contribution in [3.63, 3.8) is 0 Å². The fraction of sp³-hybridized carbons (Fsp3) is 0.273. The van der Waals surface area contributed by atoms with E-state index in [0.717, 1.165) is 16.9 Å². The Labute approximate surface area is 159 Å². The number of amides is 1. The number of carbonyl (C=O) groups excluding carboxylic acids is 1. The van der Waals surface area contributed by atoms with E-state index in [9.17, 15) is 4.79 Å². The van der Waals surface area contributed by atoms with Gasteiger partial charge in [-0.3, -0.25) is 4.79 Å². The summed E-state index contributed by atoms with van der Waals surface area (Å²) in [5.41, 5.74) is 5.83. The van der Waals surface area contributed by atoms with Crippen LogP contribution in [-0.2, 0) is 0 Å². The predicted octanol–water partition coefficient (Wildman–Crippen LogP) is 4.38. The number of hydrogen-bond acceptors (Lipinski definition) is 4. The summed E-state index contributed by atoms with van der Waals surface area (Å²) in [4.78, 5) is 12.3. The fourth-order valence-electron chi connectivity index (χ4n) is 2.71. The van der Waals surface area contributed by atoms with Gasteiger partial charge in [0.2, 0.25) is 0 Å². The third-order valence-electron chi connectivity index (χ3n) is 4.73. The molecule has 0 unspecified atom stereocenters. The van der Waals surface area contributed by atoms with Gasteiger partial charge in [0.15, 0.2) is 11.5 Å². The molecule has 0 saturated carbocycles. The molecule has 0 spiro atoms. The highest BCUT2D eigenvalue weighted by molar-refractivity contribution is 5.93. The highest BCUT2D eigenvalue weighted by Gasteiger charge is 2.14. The Bertz CT molecular complexity index is 960. The van der Waals surface area contributed by atoms with E-state index in [1.807, 2.05) is 57.2 Å². The Hall–Kier alpha value is -3.08. The zero-order valence-electron chi connectivity index (χ0n) is 16.1. The zero-order chi connectivity index (χ0) is 19.4. The van der Waals surface area contributed by atoms with Crippen LogP contribution in [0, 0.1) is 27.7 Å². The molecule has 0 aliphatic heterocycles. The number of carbonyl (C=O) groups is 1. The van der Waals surface area contributed by atoms with Crippen molar-refractivity contribution in [2.75, 3.05) is 13.2 Å². The van der Waals surface area contributed by atoms with Crippen LogP contribution < -0.4 is 10.1 Å². The summed E-state index contributed by atoms with van der Waals surface area (Å²) in [5.74, 6) is 1.14. The topological polar surface area (TPSA) is 64.4 Å². The standard InChI is InChI=1S/C22H24N2O3/c1-14-8-9-18(12-16(14)3)21-13-19(24-27-21)22(25)23-10-11-26-20-7-5-6-15(2)17(20)4/h5-9,12-13H,10-11H2,1-4H3,(H,23,25). The van der Waals surface area contributed by atoms with Crippen LogP contribution in [0.1, 0.15) is 32.7 Å². The van der Waals surface area contributed by atoms with Gasteiger partial charge in [0, 0.05) is 11.6 Å². The lowest BCUT2D eigenvalue weighted by atomic mass is 10.0. The molecular formula is C22H24N2O3. The minimum absolute atomic E-state index is 0.259. The van der Waals surface area contributed by atoms with Crippen molar-refractivity contribution in [1.82, 2.24) is 10.5 Å². The number of nitrogens with one attached hydrogen (secondary N) is 1. The van der Waals surface area contributed by atoms with E-state index in [4.69, 9.17) is 9.26 Å². The second-order valence-corrected chi connectivity index (χ2v) is 6.68. The molecule has 5 nitrogen and oxygen atoms in total. The Morgan fingerprint density at radius 2 is 1.85 bits per heavy atom. The molecule has 0 radical (unpaired) electrons. The molecular weight excluding hydrogens is 340 g/mol. The number of nitrogens with zero attached hydrogens (tertiary/aromatic N) is 1. The second kappa shape index (κ2) is 8.08. The monoisotopic (exact) mass is 364 g/mol. The summed E-state index contributed by atoms with van der Waals surface area (Å²) in [6, 6.07) is 13.6. The predicted molar refractivity (Wildman–Crippen MR) is 105 cm³/mol. The van der Waals surface area contributed by atoms with Gasteiger partial charge in [-0.15, -0.1) is 0 Å². The lowest BCUT2D eigenvalue weighted by Gasteiger charge is -2.10.